The van der Waals surface area contributed by atoms with Crippen LogP contribution < -0.4 is 15.8 Å². The summed E-state index contributed by atoms with van der Waals surface area (Å²) in [6.45, 7) is 0.780. The summed E-state index contributed by atoms with van der Waals surface area (Å²) >= 11 is 0. The van der Waals surface area contributed by atoms with Gasteiger partial charge in [-0.25, -0.2) is 13.6 Å². The van der Waals surface area contributed by atoms with Gasteiger partial charge in [0.2, 0.25) is 10.0 Å². The van der Waals surface area contributed by atoms with Crippen LogP contribution in [0, 0.1) is 0 Å². The van der Waals surface area contributed by atoms with E-state index in [2.05, 4.69) is 0 Å². The Morgan fingerprint density at radius 2 is 2.05 bits per heavy atom. The van der Waals surface area contributed by atoms with Crippen LogP contribution in [-0.4, -0.2) is 32.7 Å². The minimum atomic E-state index is -3.76. The predicted molar refractivity (Wildman–Crippen MR) is 78.9 cm³/mol. The van der Waals surface area contributed by atoms with Crippen LogP contribution in [0.25, 0.3) is 0 Å². The number of sulfonamides is 1. The molecule has 0 amide bonds. The number of benzene rings is 1. The molecule has 0 aromatic heterocycles. The Morgan fingerprint density at radius 3 is 2.70 bits per heavy atom. The van der Waals surface area contributed by atoms with E-state index in [1.54, 1.807) is 6.07 Å². The highest BCUT2D eigenvalue weighted by Crippen LogP contribution is 2.31. The van der Waals surface area contributed by atoms with Gasteiger partial charge in [0.1, 0.15) is 0 Å². The third-order valence-electron chi connectivity index (χ3n) is 3.73. The zero-order valence-corrected chi connectivity index (χ0v) is 12.1. The molecule has 1 heterocycles. The highest BCUT2D eigenvalue weighted by Gasteiger charge is 2.23. The second-order valence-corrected chi connectivity index (χ2v) is 6.71. The number of primary sulfonamides is 1. The van der Waals surface area contributed by atoms with Crippen molar-refractivity contribution in [3.05, 3.63) is 18.2 Å². The molecule has 1 aromatic rings. The van der Waals surface area contributed by atoms with Crippen molar-refractivity contribution in [3.8, 4) is 0 Å². The zero-order valence-electron chi connectivity index (χ0n) is 11.3. The summed E-state index contributed by atoms with van der Waals surface area (Å²) in [5.41, 5.74) is 7.11. The summed E-state index contributed by atoms with van der Waals surface area (Å²) in [5, 5.41) is 14.7. The largest absolute Gasteiger partial charge is 0.397 e. The Morgan fingerprint density at radius 1 is 1.30 bits per heavy atom. The van der Waals surface area contributed by atoms with E-state index >= 15 is 0 Å². The van der Waals surface area contributed by atoms with Gasteiger partial charge in [0.05, 0.1) is 28.9 Å². The van der Waals surface area contributed by atoms with Crippen molar-refractivity contribution in [1.82, 2.24) is 0 Å². The molecule has 1 unspecified atom stereocenters. The van der Waals surface area contributed by atoms with Crippen LogP contribution in [0.3, 0.4) is 0 Å². The number of aliphatic hydroxyl groups is 1. The van der Waals surface area contributed by atoms with Gasteiger partial charge in [-0.05, 0) is 31.0 Å². The van der Waals surface area contributed by atoms with Gasteiger partial charge >= 0.3 is 0 Å². The summed E-state index contributed by atoms with van der Waals surface area (Å²) in [5.74, 6) is 0. The molecule has 1 fully saturated rings. The zero-order chi connectivity index (χ0) is 14.8. The maximum absolute atomic E-state index is 11.5. The summed E-state index contributed by atoms with van der Waals surface area (Å²) in [6.07, 6.45) is 4.02. The molecule has 0 spiro atoms. The molecule has 1 saturated heterocycles. The van der Waals surface area contributed by atoms with Crippen LogP contribution in [0.2, 0.25) is 0 Å². The van der Waals surface area contributed by atoms with E-state index in [1.165, 1.54) is 12.1 Å². The van der Waals surface area contributed by atoms with Crippen molar-refractivity contribution < 1.29 is 13.5 Å². The fourth-order valence-corrected chi connectivity index (χ4v) is 3.17. The molecule has 0 radical (unpaired) electrons. The number of aliphatic hydroxyl groups excluding tert-OH is 1. The first-order chi connectivity index (χ1) is 9.43. The SMILES string of the molecule is Nc1ccc(S(N)(=O)=O)cc1N1CCCCCC1CO. The van der Waals surface area contributed by atoms with E-state index in [0.29, 0.717) is 11.4 Å². The van der Waals surface area contributed by atoms with Crippen LogP contribution in [0.4, 0.5) is 11.4 Å². The predicted octanol–water partition coefficient (Wildman–Crippen LogP) is 0.657. The fourth-order valence-electron chi connectivity index (χ4n) is 2.63. The first-order valence-electron chi connectivity index (χ1n) is 6.73. The van der Waals surface area contributed by atoms with Crippen LogP contribution >= 0.6 is 0 Å². The van der Waals surface area contributed by atoms with Crippen molar-refractivity contribution in [2.45, 2.75) is 36.6 Å². The second kappa shape index (κ2) is 5.99. The Labute approximate surface area is 119 Å². The molecule has 112 valence electrons. The molecule has 1 aromatic carbocycles. The van der Waals surface area contributed by atoms with Gasteiger partial charge in [-0.1, -0.05) is 12.8 Å². The van der Waals surface area contributed by atoms with Crippen molar-refractivity contribution >= 4 is 21.4 Å². The summed E-state index contributed by atoms with van der Waals surface area (Å²) < 4.78 is 22.9. The van der Waals surface area contributed by atoms with Crippen molar-refractivity contribution in [2.75, 3.05) is 23.8 Å². The monoisotopic (exact) mass is 299 g/mol. The molecular weight excluding hydrogens is 278 g/mol. The molecule has 0 aliphatic carbocycles. The van der Waals surface area contributed by atoms with E-state index < -0.39 is 10.0 Å². The lowest BCUT2D eigenvalue weighted by molar-refractivity contribution is 0.255. The molecule has 6 nitrogen and oxygen atoms in total. The van der Waals surface area contributed by atoms with E-state index in [0.717, 1.165) is 32.2 Å². The average molecular weight is 299 g/mol. The summed E-state index contributed by atoms with van der Waals surface area (Å²) in [6, 6.07) is 4.42. The number of hydrogen-bond donors (Lipinski definition) is 3. The smallest absolute Gasteiger partial charge is 0.238 e. The highest BCUT2D eigenvalue weighted by molar-refractivity contribution is 7.89. The van der Waals surface area contributed by atoms with Crippen molar-refractivity contribution in [2.24, 2.45) is 5.14 Å². The Hall–Kier alpha value is -1.31. The fraction of sp³-hybridized carbons (Fsp3) is 0.538. The molecule has 7 heteroatoms. The van der Waals surface area contributed by atoms with E-state index in [9.17, 15) is 13.5 Å². The Kier molecular flexibility index (Phi) is 4.52. The first-order valence-corrected chi connectivity index (χ1v) is 8.28. The van der Waals surface area contributed by atoms with Crippen molar-refractivity contribution in [3.63, 3.8) is 0 Å². The van der Waals surface area contributed by atoms with Crippen LogP contribution in [0.5, 0.6) is 0 Å². The van der Waals surface area contributed by atoms with Crippen molar-refractivity contribution in [1.29, 1.82) is 0 Å². The molecule has 5 N–H and O–H groups in total. The lowest BCUT2D eigenvalue weighted by Gasteiger charge is -2.32. The van der Waals surface area contributed by atoms with Gasteiger partial charge in [-0.3, -0.25) is 0 Å². The maximum atomic E-state index is 11.5. The number of anilines is 2. The lowest BCUT2D eigenvalue weighted by atomic mass is 10.1. The van der Waals surface area contributed by atoms with E-state index in [1.807, 2.05) is 4.90 Å². The van der Waals surface area contributed by atoms with Gasteiger partial charge < -0.3 is 15.7 Å². The number of nitrogens with two attached hydrogens (primary N) is 2. The topological polar surface area (TPSA) is 110 Å². The van der Waals surface area contributed by atoms with Crippen LogP contribution in [-0.2, 0) is 10.0 Å². The summed E-state index contributed by atoms with van der Waals surface area (Å²) in [7, 11) is -3.76. The highest BCUT2D eigenvalue weighted by atomic mass is 32.2. The molecule has 1 aliphatic rings. The van der Waals surface area contributed by atoms with Gasteiger partial charge in [-0.15, -0.1) is 0 Å². The molecule has 1 aliphatic heterocycles. The average Bonchev–Trinajstić information content (AvgIpc) is 2.62. The third kappa shape index (κ3) is 3.23. The first kappa shape index (κ1) is 15.1. The number of rotatable bonds is 3. The standard InChI is InChI=1S/C13H21N3O3S/c14-12-6-5-11(20(15,18)19)8-13(12)16-7-3-1-2-4-10(16)9-17/h5-6,8,10,17H,1-4,7,9,14H2,(H2,15,18,19). The van der Waals surface area contributed by atoms with Gasteiger partial charge in [0.15, 0.2) is 0 Å². The minimum absolute atomic E-state index is 0.0268. The third-order valence-corrected chi connectivity index (χ3v) is 4.64. The Balaban J connectivity index is 2.43. The second-order valence-electron chi connectivity index (χ2n) is 5.14. The molecule has 0 bridgehead atoms. The van der Waals surface area contributed by atoms with Gasteiger partial charge in [0.25, 0.3) is 0 Å². The molecule has 2 rings (SSSR count). The van der Waals surface area contributed by atoms with E-state index in [-0.39, 0.29) is 17.5 Å². The quantitative estimate of drug-likeness (QED) is 0.710. The normalized spacial score (nSPS) is 20.7. The Bertz CT molecular complexity index is 574. The van der Waals surface area contributed by atoms with Crippen LogP contribution in [0.15, 0.2) is 23.1 Å². The number of nitrogen functional groups attached to an aromatic ring is 1. The maximum Gasteiger partial charge on any atom is 0.238 e. The number of nitrogens with zero attached hydrogens (tertiary/aromatic N) is 1. The van der Waals surface area contributed by atoms with Gasteiger partial charge in [0, 0.05) is 6.54 Å². The minimum Gasteiger partial charge on any atom is -0.397 e. The molecule has 20 heavy (non-hydrogen) atoms. The van der Waals surface area contributed by atoms with Crippen LogP contribution in [0.1, 0.15) is 25.7 Å². The number of hydrogen-bond acceptors (Lipinski definition) is 5. The molecular formula is C13H21N3O3S. The lowest BCUT2D eigenvalue weighted by Crippen LogP contribution is -2.38. The molecule has 0 saturated carbocycles. The van der Waals surface area contributed by atoms with E-state index in [4.69, 9.17) is 10.9 Å². The van der Waals surface area contributed by atoms with Gasteiger partial charge in [-0.2, -0.15) is 0 Å². The molecule has 1 atom stereocenters. The summed E-state index contributed by atoms with van der Waals surface area (Å²) in [4.78, 5) is 2.04.